The Hall–Kier alpha value is -2.62. The van der Waals surface area contributed by atoms with Crippen molar-refractivity contribution in [1.82, 2.24) is 4.98 Å². The number of fused-ring (bicyclic) bond motifs is 1. The van der Waals surface area contributed by atoms with Crippen LogP contribution in [0.3, 0.4) is 0 Å². The van der Waals surface area contributed by atoms with E-state index < -0.39 is 0 Å². The van der Waals surface area contributed by atoms with E-state index in [9.17, 15) is 4.39 Å². The van der Waals surface area contributed by atoms with E-state index in [-0.39, 0.29) is 5.82 Å². The molecule has 3 aromatic rings. The highest BCUT2D eigenvalue weighted by atomic mass is 19.1. The minimum atomic E-state index is -0.286. The maximum absolute atomic E-state index is 13.2. The molecule has 0 aliphatic heterocycles. The number of nitrogens with two attached hydrogens (primary N) is 1. The van der Waals surface area contributed by atoms with Crippen molar-refractivity contribution in [3.8, 4) is 0 Å². The Labute approximate surface area is 116 Å². The molecule has 3 N–H and O–H groups in total. The van der Waals surface area contributed by atoms with Gasteiger partial charge < -0.3 is 11.1 Å². The number of aryl methyl sites for hydroxylation is 1. The fourth-order valence-corrected chi connectivity index (χ4v) is 2.29. The Morgan fingerprint density at radius 1 is 1.15 bits per heavy atom. The maximum Gasteiger partial charge on any atom is 0.138 e. The molecule has 1 heterocycles. The van der Waals surface area contributed by atoms with Gasteiger partial charge in [-0.3, -0.25) is 0 Å². The number of nitrogen functional groups attached to an aromatic ring is 1. The normalized spacial score (nSPS) is 10.7. The Morgan fingerprint density at radius 2 is 2.00 bits per heavy atom. The third-order valence-electron chi connectivity index (χ3n) is 3.26. The van der Waals surface area contributed by atoms with Gasteiger partial charge in [0.15, 0.2) is 0 Å². The van der Waals surface area contributed by atoms with Crippen LogP contribution in [-0.2, 0) is 0 Å². The molecule has 0 saturated heterocycles. The quantitative estimate of drug-likeness (QED) is 0.690. The van der Waals surface area contributed by atoms with Crippen molar-refractivity contribution in [3.05, 3.63) is 60.0 Å². The highest BCUT2D eigenvalue weighted by molar-refractivity contribution is 6.02. The summed E-state index contributed by atoms with van der Waals surface area (Å²) in [5.41, 5.74) is 8.43. The molecule has 0 bridgehead atoms. The standard InChI is InChI=1S/C16H14FN3/c1-10-5-6-14(18)13-7-8-19-16(15(10)13)20-12-4-2-3-11(17)9-12/h2-9H,18H2,1H3,(H,19,20). The average Bonchev–Trinajstić information content (AvgIpc) is 2.43. The van der Waals surface area contributed by atoms with E-state index in [1.807, 2.05) is 25.1 Å². The minimum absolute atomic E-state index is 0.286. The molecule has 2 aromatic carbocycles. The summed E-state index contributed by atoms with van der Waals surface area (Å²) >= 11 is 0. The summed E-state index contributed by atoms with van der Waals surface area (Å²) in [7, 11) is 0. The van der Waals surface area contributed by atoms with Crippen LogP contribution in [0.1, 0.15) is 5.56 Å². The van der Waals surface area contributed by atoms with E-state index >= 15 is 0 Å². The van der Waals surface area contributed by atoms with E-state index in [0.717, 1.165) is 16.3 Å². The molecule has 3 nitrogen and oxygen atoms in total. The number of anilines is 3. The molecule has 1 aromatic heterocycles. The molecule has 0 spiro atoms. The molecule has 100 valence electrons. The molecular formula is C16H14FN3. The van der Waals surface area contributed by atoms with Gasteiger partial charge in [0.1, 0.15) is 11.6 Å². The number of rotatable bonds is 2. The first-order valence-corrected chi connectivity index (χ1v) is 6.31. The van der Waals surface area contributed by atoms with Crippen LogP contribution in [0.15, 0.2) is 48.7 Å². The molecule has 0 atom stereocenters. The van der Waals surface area contributed by atoms with E-state index in [0.29, 0.717) is 17.2 Å². The molecule has 4 heteroatoms. The van der Waals surface area contributed by atoms with Crippen molar-refractivity contribution in [3.63, 3.8) is 0 Å². The Balaban J connectivity index is 2.15. The summed E-state index contributed by atoms with van der Waals surface area (Å²) in [6.45, 7) is 2.00. The second-order valence-electron chi connectivity index (χ2n) is 4.69. The lowest BCUT2D eigenvalue weighted by Gasteiger charge is -2.12. The highest BCUT2D eigenvalue weighted by Crippen LogP contribution is 2.30. The molecule has 0 fully saturated rings. The first-order chi connectivity index (χ1) is 9.65. The summed E-state index contributed by atoms with van der Waals surface area (Å²) < 4.78 is 13.2. The minimum Gasteiger partial charge on any atom is -0.398 e. The second kappa shape index (κ2) is 4.81. The zero-order valence-electron chi connectivity index (χ0n) is 11.0. The van der Waals surface area contributed by atoms with Crippen LogP contribution < -0.4 is 11.1 Å². The Bertz CT molecular complexity index is 784. The zero-order chi connectivity index (χ0) is 14.1. The summed E-state index contributed by atoms with van der Waals surface area (Å²) in [6.07, 6.45) is 1.69. The van der Waals surface area contributed by atoms with E-state index in [2.05, 4.69) is 10.3 Å². The van der Waals surface area contributed by atoms with Crippen LogP contribution in [0, 0.1) is 12.7 Å². The smallest absolute Gasteiger partial charge is 0.138 e. The van der Waals surface area contributed by atoms with E-state index in [1.54, 1.807) is 18.3 Å². The lowest BCUT2D eigenvalue weighted by molar-refractivity contribution is 0.628. The molecule has 0 unspecified atom stereocenters. The number of benzene rings is 2. The maximum atomic E-state index is 13.2. The van der Waals surface area contributed by atoms with Gasteiger partial charge >= 0.3 is 0 Å². The van der Waals surface area contributed by atoms with Gasteiger partial charge in [-0.1, -0.05) is 12.1 Å². The van der Waals surface area contributed by atoms with Gasteiger partial charge in [-0.05, 0) is 42.8 Å². The lowest BCUT2D eigenvalue weighted by atomic mass is 10.1. The van der Waals surface area contributed by atoms with Crippen LogP contribution in [0.4, 0.5) is 21.6 Å². The Morgan fingerprint density at radius 3 is 2.80 bits per heavy atom. The van der Waals surface area contributed by atoms with Gasteiger partial charge in [0.05, 0.1) is 0 Å². The van der Waals surface area contributed by atoms with E-state index in [1.165, 1.54) is 12.1 Å². The van der Waals surface area contributed by atoms with Crippen molar-refractivity contribution in [2.24, 2.45) is 0 Å². The van der Waals surface area contributed by atoms with Gasteiger partial charge in [-0.2, -0.15) is 0 Å². The number of pyridine rings is 1. The number of nitrogens with one attached hydrogen (secondary N) is 1. The van der Waals surface area contributed by atoms with E-state index in [4.69, 9.17) is 5.73 Å². The molecule has 0 aliphatic rings. The van der Waals surface area contributed by atoms with Crippen molar-refractivity contribution in [1.29, 1.82) is 0 Å². The van der Waals surface area contributed by atoms with Crippen LogP contribution in [0.5, 0.6) is 0 Å². The van der Waals surface area contributed by atoms with Crippen LogP contribution in [0.2, 0.25) is 0 Å². The van der Waals surface area contributed by atoms with Gasteiger partial charge in [0, 0.05) is 28.3 Å². The zero-order valence-corrected chi connectivity index (χ0v) is 11.0. The molecular weight excluding hydrogens is 253 g/mol. The summed E-state index contributed by atoms with van der Waals surface area (Å²) in [6, 6.07) is 12.0. The first-order valence-electron chi connectivity index (χ1n) is 6.31. The van der Waals surface area contributed by atoms with Gasteiger partial charge in [0.25, 0.3) is 0 Å². The SMILES string of the molecule is Cc1ccc(N)c2ccnc(Nc3cccc(F)c3)c12. The van der Waals surface area contributed by atoms with Crippen molar-refractivity contribution in [2.75, 3.05) is 11.1 Å². The first kappa shape index (κ1) is 12.4. The van der Waals surface area contributed by atoms with Crippen LogP contribution >= 0.6 is 0 Å². The number of halogens is 1. The second-order valence-corrected chi connectivity index (χ2v) is 4.69. The topological polar surface area (TPSA) is 50.9 Å². The fourth-order valence-electron chi connectivity index (χ4n) is 2.29. The lowest BCUT2D eigenvalue weighted by Crippen LogP contribution is -1.98. The predicted octanol–water partition coefficient (Wildman–Crippen LogP) is 4.01. The molecule has 20 heavy (non-hydrogen) atoms. The van der Waals surface area contributed by atoms with Crippen molar-refractivity contribution in [2.45, 2.75) is 6.92 Å². The Kier molecular flexibility index (Phi) is 2.99. The summed E-state index contributed by atoms with van der Waals surface area (Å²) in [5, 5.41) is 5.05. The number of hydrogen-bond acceptors (Lipinski definition) is 3. The van der Waals surface area contributed by atoms with Crippen molar-refractivity contribution >= 4 is 28.0 Å². The highest BCUT2D eigenvalue weighted by Gasteiger charge is 2.08. The third kappa shape index (κ3) is 2.16. The summed E-state index contributed by atoms with van der Waals surface area (Å²) in [5.74, 6) is 0.393. The predicted molar refractivity (Wildman–Crippen MR) is 80.6 cm³/mol. The number of aromatic nitrogens is 1. The summed E-state index contributed by atoms with van der Waals surface area (Å²) in [4.78, 5) is 4.34. The molecule has 0 aliphatic carbocycles. The monoisotopic (exact) mass is 267 g/mol. The number of hydrogen-bond donors (Lipinski definition) is 2. The van der Waals surface area contributed by atoms with Gasteiger partial charge in [0.2, 0.25) is 0 Å². The average molecular weight is 267 g/mol. The van der Waals surface area contributed by atoms with Crippen LogP contribution in [-0.4, -0.2) is 4.98 Å². The fraction of sp³-hybridized carbons (Fsp3) is 0.0625. The number of nitrogens with zero attached hydrogens (tertiary/aromatic N) is 1. The molecule has 3 rings (SSSR count). The molecule has 0 amide bonds. The third-order valence-corrected chi connectivity index (χ3v) is 3.26. The largest absolute Gasteiger partial charge is 0.398 e. The van der Waals surface area contributed by atoms with Crippen LogP contribution in [0.25, 0.3) is 10.8 Å². The van der Waals surface area contributed by atoms with Crippen molar-refractivity contribution < 1.29 is 4.39 Å². The van der Waals surface area contributed by atoms with Gasteiger partial charge in [-0.25, -0.2) is 9.37 Å². The molecule has 0 saturated carbocycles. The molecule has 0 radical (unpaired) electrons. The van der Waals surface area contributed by atoms with Gasteiger partial charge in [-0.15, -0.1) is 0 Å².